The third-order valence-electron chi connectivity index (χ3n) is 3.12. The zero-order valence-electron chi connectivity index (χ0n) is 11.2. The van der Waals surface area contributed by atoms with Gasteiger partial charge in [-0.15, -0.1) is 0 Å². The summed E-state index contributed by atoms with van der Waals surface area (Å²) in [5, 5.41) is 2.91. The Hall–Kier alpha value is -2.29. The predicted molar refractivity (Wildman–Crippen MR) is 79.1 cm³/mol. The summed E-state index contributed by atoms with van der Waals surface area (Å²) in [5.41, 5.74) is 9.31. The van der Waals surface area contributed by atoms with Gasteiger partial charge >= 0.3 is 0 Å². The van der Waals surface area contributed by atoms with E-state index in [1.807, 2.05) is 62.4 Å². The van der Waals surface area contributed by atoms with Gasteiger partial charge in [0.05, 0.1) is 5.92 Å². The number of benzene rings is 2. The number of aryl methyl sites for hydroxylation is 1. The molecule has 3 N–H and O–H groups in total. The first-order valence-electron chi connectivity index (χ1n) is 6.29. The fraction of sp³-hybridized carbons (Fsp3) is 0.188. The van der Waals surface area contributed by atoms with E-state index in [4.69, 9.17) is 5.73 Å². The zero-order chi connectivity index (χ0) is 13.8. The second-order valence-electron chi connectivity index (χ2n) is 4.75. The van der Waals surface area contributed by atoms with E-state index in [0.717, 1.165) is 11.3 Å². The van der Waals surface area contributed by atoms with E-state index in [9.17, 15) is 4.79 Å². The van der Waals surface area contributed by atoms with Gasteiger partial charge in [0.1, 0.15) is 0 Å². The number of amides is 1. The molecule has 3 nitrogen and oxygen atoms in total. The monoisotopic (exact) mass is 254 g/mol. The Morgan fingerprint density at radius 2 is 1.84 bits per heavy atom. The van der Waals surface area contributed by atoms with Gasteiger partial charge < -0.3 is 11.1 Å². The lowest BCUT2D eigenvalue weighted by Gasteiger charge is -2.13. The smallest absolute Gasteiger partial charge is 0.231 e. The molecular formula is C16H18N2O. The van der Waals surface area contributed by atoms with Crippen LogP contribution in [0.2, 0.25) is 0 Å². The minimum Gasteiger partial charge on any atom is -0.399 e. The van der Waals surface area contributed by atoms with E-state index >= 15 is 0 Å². The molecule has 3 heteroatoms. The fourth-order valence-electron chi connectivity index (χ4n) is 1.87. The molecule has 0 heterocycles. The molecule has 0 aliphatic rings. The Balaban J connectivity index is 2.09. The Labute approximate surface area is 113 Å². The minimum atomic E-state index is -0.232. The number of carbonyl (C=O) groups excluding carboxylic acids is 1. The fourth-order valence-corrected chi connectivity index (χ4v) is 1.87. The number of nitrogens with one attached hydrogen (secondary N) is 1. The quantitative estimate of drug-likeness (QED) is 0.825. The van der Waals surface area contributed by atoms with Crippen LogP contribution < -0.4 is 11.1 Å². The largest absolute Gasteiger partial charge is 0.399 e. The van der Waals surface area contributed by atoms with Crippen molar-refractivity contribution in [3.05, 3.63) is 59.7 Å². The van der Waals surface area contributed by atoms with Crippen molar-refractivity contribution >= 4 is 17.3 Å². The van der Waals surface area contributed by atoms with Crippen LogP contribution in [0.4, 0.5) is 11.4 Å². The van der Waals surface area contributed by atoms with Crippen LogP contribution in [0.3, 0.4) is 0 Å². The van der Waals surface area contributed by atoms with Crippen molar-refractivity contribution in [2.24, 2.45) is 0 Å². The maximum atomic E-state index is 12.2. The Bertz CT molecular complexity index is 576. The van der Waals surface area contributed by atoms with Gasteiger partial charge in [-0.3, -0.25) is 4.79 Å². The first-order valence-corrected chi connectivity index (χ1v) is 6.29. The molecule has 2 rings (SSSR count). The van der Waals surface area contributed by atoms with Crippen molar-refractivity contribution in [1.29, 1.82) is 0 Å². The third kappa shape index (κ3) is 3.35. The molecule has 0 aromatic heterocycles. The molecule has 1 amide bonds. The van der Waals surface area contributed by atoms with E-state index in [2.05, 4.69) is 5.32 Å². The summed E-state index contributed by atoms with van der Waals surface area (Å²) in [7, 11) is 0. The molecule has 0 fully saturated rings. The average molecular weight is 254 g/mol. The molecule has 19 heavy (non-hydrogen) atoms. The lowest BCUT2D eigenvalue weighted by Crippen LogP contribution is -2.18. The molecule has 1 unspecified atom stereocenters. The van der Waals surface area contributed by atoms with E-state index in [-0.39, 0.29) is 11.8 Å². The molecular weight excluding hydrogens is 236 g/mol. The number of nitrogen functional groups attached to an aromatic ring is 1. The summed E-state index contributed by atoms with van der Waals surface area (Å²) < 4.78 is 0. The van der Waals surface area contributed by atoms with Crippen molar-refractivity contribution in [3.63, 3.8) is 0 Å². The Morgan fingerprint density at radius 3 is 2.47 bits per heavy atom. The van der Waals surface area contributed by atoms with Crippen molar-refractivity contribution in [3.8, 4) is 0 Å². The van der Waals surface area contributed by atoms with Gasteiger partial charge in [0.2, 0.25) is 5.91 Å². The van der Waals surface area contributed by atoms with Crippen LogP contribution in [0.5, 0.6) is 0 Å². The average Bonchev–Trinajstić information content (AvgIpc) is 2.40. The molecule has 0 bridgehead atoms. The summed E-state index contributed by atoms with van der Waals surface area (Å²) in [6.07, 6.45) is 0. The van der Waals surface area contributed by atoms with Crippen LogP contribution >= 0.6 is 0 Å². The van der Waals surface area contributed by atoms with Gasteiger partial charge in [-0.1, -0.05) is 29.8 Å². The summed E-state index contributed by atoms with van der Waals surface area (Å²) in [4.78, 5) is 12.2. The van der Waals surface area contributed by atoms with E-state index in [0.29, 0.717) is 5.69 Å². The number of hydrogen-bond acceptors (Lipinski definition) is 2. The molecule has 2 aromatic carbocycles. The number of rotatable bonds is 3. The molecule has 0 aliphatic carbocycles. The second kappa shape index (κ2) is 5.57. The van der Waals surface area contributed by atoms with Gasteiger partial charge in [0, 0.05) is 11.4 Å². The molecule has 1 atom stereocenters. The second-order valence-corrected chi connectivity index (χ2v) is 4.75. The lowest BCUT2D eigenvalue weighted by molar-refractivity contribution is -0.117. The van der Waals surface area contributed by atoms with Crippen molar-refractivity contribution in [2.75, 3.05) is 11.1 Å². The first kappa shape index (κ1) is 13.1. The van der Waals surface area contributed by atoms with Gasteiger partial charge in [-0.05, 0) is 43.7 Å². The number of anilines is 2. The highest BCUT2D eigenvalue weighted by atomic mass is 16.1. The maximum Gasteiger partial charge on any atom is 0.231 e. The Kier molecular flexibility index (Phi) is 3.85. The highest BCUT2D eigenvalue weighted by molar-refractivity contribution is 5.95. The SMILES string of the molecule is Cc1ccc(NC(=O)C(C)c2cccc(N)c2)cc1. The number of nitrogens with two attached hydrogens (primary N) is 1. The van der Waals surface area contributed by atoms with Crippen LogP contribution in [-0.4, -0.2) is 5.91 Å². The van der Waals surface area contributed by atoms with Crippen molar-refractivity contribution in [2.45, 2.75) is 19.8 Å². The molecule has 0 spiro atoms. The molecule has 0 aliphatic heterocycles. The number of carbonyl (C=O) groups is 1. The van der Waals surface area contributed by atoms with Gasteiger partial charge in [0.15, 0.2) is 0 Å². The molecule has 0 radical (unpaired) electrons. The first-order chi connectivity index (χ1) is 9.06. The zero-order valence-corrected chi connectivity index (χ0v) is 11.2. The van der Waals surface area contributed by atoms with Crippen LogP contribution in [-0.2, 0) is 4.79 Å². The highest BCUT2D eigenvalue weighted by Gasteiger charge is 2.15. The molecule has 0 saturated heterocycles. The van der Waals surface area contributed by atoms with E-state index < -0.39 is 0 Å². The predicted octanol–water partition coefficient (Wildman–Crippen LogP) is 3.32. The van der Waals surface area contributed by atoms with Gasteiger partial charge in [0.25, 0.3) is 0 Å². The molecule has 0 saturated carbocycles. The summed E-state index contributed by atoms with van der Waals surface area (Å²) in [6, 6.07) is 15.2. The summed E-state index contributed by atoms with van der Waals surface area (Å²) >= 11 is 0. The van der Waals surface area contributed by atoms with Gasteiger partial charge in [-0.2, -0.15) is 0 Å². The van der Waals surface area contributed by atoms with Crippen molar-refractivity contribution in [1.82, 2.24) is 0 Å². The summed E-state index contributed by atoms with van der Waals surface area (Å²) in [5.74, 6) is -0.265. The normalized spacial score (nSPS) is 11.9. The third-order valence-corrected chi connectivity index (χ3v) is 3.12. The van der Waals surface area contributed by atoms with E-state index in [1.54, 1.807) is 0 Å². The maximum absolute atomic E-state index is 12.2. The minimum absolute atomic E-state index is 0.0329. The highest BCUT2D eigenvalue weighted by Crippen LogP contribution is 2.20. The van der Waals surface area contributed by atoms with Crippen molar-refractivity contribution < 1.29 is 4.79 Å². The topological polar surface area (TPSA) is 55.1 Å². The van der Waals surface area contributed by atoms with Gasteiger partial charge in [-0.25, -0.2) is 0 Å². The van der Waals surface area contributed by atoms with E-state index in [1.165, 1.54) is 5.56 Å². The number of hydrogen-bond donors (Lipinski definition) is 2. The molecule has 2 aromatic rings. The lowest BCUT2D eigenvalue weighted by atomic mass is 10.00. The van der Waals surface area contributed by atoms with Crippen LogP contribution in [0.25, 0.3) is 0 Å². The Morgan fingerprint density at radius 1 is 1.16 bits per heavy atom. The van der Waals surface area contributed by atoms with Crippen LogP contribution in [0.1, 0.15) is 24.0 Å². The standard InChI is InChI=1S/C16H18N2O/c1-11-6-8-15(9-7-11)18-16(19)12(2)13-4-3-5-14(17)10-13/h3-10,12H,17H2,1-2H3,(H,18,19). The molecule has 98 valence electrons. The van der Waals surface area contributed by atoms with Crippen LogP contribution in [0, 0.1) is 6.92 Å². The summed E-state index contributed by atoms with van der Waals surface area (Å²) in [6.45, 7) is 3.89. The van der Waals surface area contributed by atoms with Crippen LogP contribution in [0.15, 0.2) is 48.5 Å².